The molecule has 1 aromatic heterocycles. The fourth-order valence-corrected chi connectivity index (χ4v) is 5.93. The number of carbonyl (C=O) groups excluding carboxylic acids is 1. The summed E-state index contributed by atoms with van der Waals surface area (Å²) in [5, 5.41) is 1.30. The Morgan fingerprint density at radius 1 is 1.21 bits per heavy atom. The van der Waals surface area contributed by atoms with Gasteiger partial charge in [-0.1, -0.05) is 43.7 Å². The van der Waals surface area contributed by atoms with Gasteiger partial charge in [0, 0.05) is 18.6 Å². The van der Waals surface area contributed by atoms with Crippen LogP contribution in [-0.4, -0.2) is 38.7 Å². The zero-order chi connectivity index (χ0) is 20.4. The molecule has 2 fully saturated rings. The summed E-state index contributed by atoms with van der Waals surface area (Å²) in [7, 11) is 0. The molecule has 2 aromatic rings. The lowest BCUT2D eigenvalue weighted by molar-refractivity contribution is -0.134. The van der Waals surface area contributed by atoms with Gasteiger partial charge in [0.2, 0.25) is 5.91 Å². The Labute approximate surface area is 176 Å². The van der Waals surface area contributed by atoms with E-state index in [-0.39, 0.29) is 17.5 Å². The third-order valence-electron chi connectivity index (χ3n) is 6.70. The van der Waals surface area contributed by atoms with Crippen LogP contribution in [0.5, 0.6) is 0 Å². The van der Waals surface area contributed by atoms with Crippen LogP contribution in [-0.2, 0) is 4.79 Å². The van der Waals surface area contributed by atoms with Crippen molar-refractivity contribution in [2.45, 2.75) is 76.0 Å². The number of hydrogen-bond acceptors (Lipinski definition) is 4. The Morgan fingerprint density at radius 2 is 1.97 bits per heavy atom. The minimum atomic E-state index is -0.00906. The van der Waals surface area contributed by atoms with E-state index in [0.717, 1.165) is 25.8 Å². The number of aromatic nitrogens is 2. The van der Waals surface area contributed by atoms with Gasteiger partial charge in [0.25, 0.3) is 5.56 Å². The second-order valence-corrected chi connectivity index (χ2v) is 9.42. The van der Waals surface area contributed by atoms with Crippen LogP contribution in [0, 0.1) is 5.92 Å². The molecule has 1 aromatic carbocycles. The van der Waals surface area contributed by atoms with E-state index >= 15 is 0 Å². The molecule has 0 N–H and O–H groups in total. The van der Waals surface area contributed by atoms with E-state index in [2.05, 4.69) is 11.8 Å². The average Bonchev–Trinajstić information content (AvgIpc) is 2.76. The second-order valence-electron chi connectivity index (χ2n) is 8.47. The van der Waals surface area contributed by atoms with E-state index in [0.29, 0.717) is 33.8 Å². The van der Waals surface area contributed by atoms with Gasteiger partial charge in [-0.25, -0.2) is 4.98 Å². The first-order chi connectivity index (χ1) is 14.1. The van der Waals surface area contributed by atoms with E-state index in [1.165, 1.54) is 37.4 Å². The number of hydrogen-bond donors (Lipinski definition) is 0. The number of nitrogens with zero attached hydrogens (tertiary/aromatic N) is 3. The number of carbonyl (C=O) groups is 1. The summed E-state index contributed by atoms with van der Waals surface area (Å²) in [6.45, 7) is 4.99. The molecule has 0 unspecified atom stereocenters. The van der Waals surface area contributed by atoms with Crippen LogP contribution in [0.15, 0.2) is 34.2 Å². The lowest BCUT2D eigenvalue weighted by Gasteiger charge is -2.44. The van der Waals surface area contributed by atoms with Crippen LogP contribution in [0.4, 0.5) is 0 Å². The molecule has 0 bridgehead atoms. The summed E-state index contributed by atoms with van der Waals surface area (Å²) in [4.78, 5) is 33.1. The highest BCUT2D eigenvalue weighted by atomic mass is 32.2. The molecular weight excluding hydrogens is 382 g/mol. The van der Waals surface area contributed by atoms with Crippen LogP contribution in [0.1, 0.15) is 64.8 Å². The van der Waals surface area contributed by atoms with Crippen molar-refractivity contribution >= 4 is 28.6 Å². The van der Waals surface area contributed by atoms with Crippen molar-refractivity contribution < 1.29 is 4.79 Å². The molecule has 3 atom stereocenters. The quantitative estimate of drug-likeness (QED) is 0.529. The minimum Gasteiger partial charge on any atom is -0.339 e. The molecule has 4 rings (SSSR count). The molecular formula is C23H31N3O2S. The van der Waals surface area contributed by atoms with Gasteiger partial charge < -0.3 is 4.90 Å². The highest BCUT2D eigenvalue weighted by Gasteiger charge is 2.35. The molecule has 1 aliphatic carbocycles. The zero-order valence-electron chi connectivity index (χ0n) is 17.5. The van der Waals surface area contributed by atoms with Crippen molar-refractivity contribution in [2.75, 3.05) is 12.3 Å². The molecule has 5 nitrogen and oxygen atoms in total. The van der Waals surface area contributed by atoms with Crippen molar-refractivity contribution in [2.24, 2.45) is 5.92 Å². The molecule has 29 heavy (non-hydrogen) atoms. The molecule has 156 valence electrons. The van der Waals surface area contributed by atoms with Gasteiger partial charge in [0.05, 0.1) is 16.7 Å². The maximum Gasteiger partial charge on any atom is 0.262 e. The fourth-order valence-electron chi connectivity index (χ4n) is 4.94. The first kappa shape index (κ1) is 20.5. The van der Waals surface area contributed by atoms with Crippen molar-refractivity contribution in [3.8, 4) is 0 Å². The van der Waals surface area contributed by atoms with Crippen LogP contribution in [0.2, 0.25) is 0 Å². The number of para-hydroxylation sites is 1. The molecule has 2 aliphatic rings. The topological polar surface area (TPSA) is 55.2 Å². The summed E-state index contributed by atoms with van der Waals surface area (Å²) < 4.78 is 1.78. The van der Waals surface area contributed by atoms with E-state index in [1.807, 2.05) is 31.2 Å². The second kappa shape index (κ2) is 8.90. The molecule has 2 heterocycles. The molecule has 0 spiro atoms. The van der Waals surface area contributed by atoms with Crippen LogP contribution < -0.4 is 5.56 Å². The zero-order valence-corrected chi connectivity index (χ0v) is 18.3. The molecule has 1 amide bonds. The maximum absolute atomic E-state index is 13.1. The number of amides is 1. The summed E-state index contributed by atoms with van der Waals surface area (Å²) >= 11 is 1.42. The van der Waals surface area contributed by atoms with Crippen molar-refractivity contribution in [3.05, 3.63) is 34.6 Å². The predicted octanol–water partition coefficient (Wildman–Crippen LogP) is 4.64. The number of likely N-dealkylation sites (tertiary alicyclic amines) is 1. The Hall–Kier alpha value is -1.82. The molecule has 1 saturated carbocycles. The lowest BCUT2D eigenvalue weighted by atomic mass is 9.78. The van der Waals surface area contributed by atoms with Crippen molar-refractivity contribution in [3.63, 3.8) is 0 Å². The number of thioether (sulfide) groups is 1. The van der Waals surface area contributed by atoms with Crippen LogP contribution in [0.3, 0.4) is 0 Å². The number of fused-ring (bicyclic) bond motifs is 2. The first-order valence-corrected chi connectivity index (χ1v) is 12.0. The smallest absolute Gasteiger partial charge is 0.262 e. The number of piperidine rings is 1. The summed E-state index contributed by atoms with van der Waals surface area (Å²) in [5.74, 6) is 1.23. The Morgan fingerprint density at radius 3 is 2.79 bits per heavy atom. The molecule has 1 aliphatic heterocycles. The van der Waals surface area contributed by atoms with Gasteiger partial charge in [-0.3, -0.25) is 14.2 Å². The Kier molecular flexibility index (Phi) is 6.28. The van der Waals surface area contributed by atoms with E-state index in [9.17, 15) is 9.59 Å². The van der Waals surface area contributed by atoms with Crippen LogP contribution >= 0.6 is 11.8 Å². The maximum atomic E-state index is 13.1. The SMILES string of the molecule is CC[C@@H](C)n1c(SCC(=O)N2CCC[C@H]3CCCC[C@@H]32)nc2ccccc2c1=O. The predicted molar refractivity (Wildman–Crippen MR) is 118 cm³/mol. The number of benzene rings is 1. The molecule has 6 heteroatoms. The minimum absolute atomic E-state index is 0.00906. The molecule has 1 saturated heterocycles. The summed E-state index contributed by atoms with van der Waals surface area (Å²) in [6.07, 6.45) is 8.17. The third kappa shape index (κ3) is 4.09. The van der Waals surface area contributed by atoms with Crippen molar-refractivity contribution in [1.82, 2.24) is 14.5 Å². The summed E-state index contributed by atoms with van der Waals surface area (Å²) in [5.41, 5.74) is 0.697. The summed E-state index contributed by atoms with van der Waals surface area (Å²) in [6, 6.07) is 7.96. The largest absolute Gasteiger partial charge is 0.339 e. The van der Waals surface area contributed by atoms with Gasteiger partial charge in [0.15, 0.2) is 5.16 Å². The normalized spacial score (nSPS) is 23.0. The van der Waals surface area contributed by atoms with Crippen LogP contribution in [0.25, 0.3) is 10.9 Å². The van der Waals surface area contributed by atoms with E-state index < -0.39 is 0 Å². The van der Waals surface area contributed by atoms with E-state index in [4.69, 9.17) is 4.98 Å². The molecule has 0 radical (unpaired) electrons. The highest BCUT2D eigenvalue weighted by Crippen LogP contribution is 2.35. The van der Waals surface area contributed by atoms with Gasteiger partial charge in [-0.15, -0.1) is 0 Å². The monoisotopic (exact) mass is 413 g/mol. The standard InChI is InChI=1S/C23H31N3O2S/c1-3-16(2)26-22(28)18-11-5-6-12-19(18)24-23(26)29-15-21(27)25-14-8-10-17-9-4-7-13-20(17)25/h5-6,11-12,16-17,20H,3-4,7-10,13-15H2,1-2H3/t16-,17-,20+/m1/s1. The Bertz CT molecular complexity index is 939. The van der Waals surface area contributed by atoms with E-state index in [1.54, 1.807) is 4.57 Å². The third-order valence-corrected chi connectivity index (χ3v) is 7.63. The first-order valence-electron chi connectivity index (χ1n) is 11.0. The van der Waals surface area contributed by atoms with Gasteiger partial charge in [0.1, 0.15) is 0 Å². The van der Waals surface area contributed by atoms with Gasteiger partial charge >= 0.3 is 0 Å². The average molecular weight is 414 g/mol. The van der Waals surface area contributed by atoms with Crippen molar-refractivity contribution in [1.29, 1.82) is 0 Å². The lowest BCUT2D eigenvalue weighted by Crippen LogP contribution is -2.50. The van der Waals surface area contributed by atoms with Gasteiger partial charge in [-0.05, 0) is 57.1 Å². The highest BCUT2D eigenvalue weighted by molar-refractivity contribution is 7.99. The Balaban J connectivity index is 1.57. The number of rotatable bonds is 5. The van der Waals surface area contributed by atoms with Gasteiger partial charge in [-0.2, -0.15) is 0 Å². The fraction of sp³-hybridized carbons (Fsp3) is 0.609.